The van der Waals surface area contributed by atoms with Crippen LogP contribution in [0.4, 0.5) is 0 Å². The summed E-state index contributed by atoms with van der Waals surface area (Å²) in [5.41, 5.74) is 5.37. The number of phosphoric acid groups is 2. The van der Waals surface area contributed by atoms with Crippen LogP contribution in [0.2, 0.25) is 0 Å². The van der Waals surface area contributed by atoms with Gasteiger partial charge in [-0.15, -0.1) is 12.4 Å². The molecule has 0 saturated carbocycles. The van der Waals surface area contributed by atoms with Gasteiger partial charge in [-0.1, -0.05) is 20.8 Å². The number of phosphoric ester groups is 2. The smallest absolute Gasteiger partial charge is 0.309 e. The number of nitrogens with two attached hydrogens (primary N) is 1. The third kappa shape index (κ3) is 35.7. The quantitative estimate of drug-likeness (QED) is 0.0579. The highest BCUT2D eigenvalue weighted by Crippen LogP contribution is 2.38. The van der Waals surface area contributed by atoms with Crippen LogP contribution in [0, 0.1) is 11.8 Å². The summed E-state index contributed by atoms with van der Waals surface area (Å²) in [4.78, 5) is 46.3. The number of esters is 2. The van der Waals surface area contributed by atoms with Gasteiger partial charge in [0.1, 0.15) is 39.5 Å². The van der Waals surface area contributed by atoms with E-state index in [1.165, 1.54) is 0 Å². The largest absolute Gasteiger partial charge is 0.756 e. The van der Waals surface area contributed by atoms with Crippen molar-refractivity contribution in [3.05, 3.63) is 0 Å². The Hall–Kier alpha value is 0.0300. The van der Waals surface area contributed by atoms with Crippen molar-refractivity contribution in [1.82, 2.24) is 0 Å². The van der Waals surface area contributed by atoms with Gasteiger partial charge in [0.15, 0.2) is 0 Å². The van der Waals surface area contributed by atoms with Crippen molar-refractivity contribution in [1.29, 1.82) is 0 Å². The SMILES string of the molecule is CC(CSCCN)C(=O)OCCOP(=O)([O-])OCC[N+](C)(C)C.CCCSCC(C)C(=O)OCCOP(=O)([O-])OCC[N+](C)(C)C.Cl. The Bertz CT molecular complexity index is 858. The molecule has 47 heavy (non-hydrogen) atoms. The summed E-state index contributed by atoms with van der Waals surface area (Å²) >= 11 is 3.27. The van der Waals surface area contributed by atoms with Crippen molar-refractivity contribution < 1.29 is 65.0 Å². The number of carbonyl (C=O) groups excluding carboxylic acids is 2. The number of likely N-dealkylation sites (N-methyl/N-ethyl adjacent to an activating group) is 2. The number of thioether (sulfide) groups is 2. The van der Waals surface area contributed by atoms with E-state index in [0.29, 0.717) is 40.1 Å². The van der Waals surface area contributed by atoms with Gasteiger partial charge in [-0.05, 0) is 12.2 Å². The van der Waals surface area contributed by atoms with Crippen molar-refractivity contribution in [2.24, 2.45) is 17.6 Å². The number of carbonyl (C=O) groups is 2. The molecular weight excluding hydrogens is 720 g/mol. The van der Waals surface area contributed by atoms with Crippen LogP contribution in [0.5, 0.6) is 0 Å². The molecule has 0 aromatic rings. The molecule has 0 aromatic heterocycles. The zero-order chi connectivity index (χ0) is 35.9. The first kappa shape index (κ1) is 51.4. The molecule has 0 aromatic carbocycles. The van der Waals surface area contributed by atoms with E-state index in [-0.39, 0.29) is 75.8 Å². The first-order valence-electron chi connectivity index (χ1n) is 15.1. The molecule has 4 atom stereocenters. The second-order valence-electron chi connectivity index (χ2n) is 12.3. The first-order chi connectivity index (χ1) is 21.1. The summed E-state index contributed by atoms with van der Waals surface area (Å²) < 4.78 is 52.9. The van der Waals surface area contributed by atoms with Gasteiger partial charge in [-0.3, -0.25) is 18.7 Å². The van der Waals surface area contributed by atoms with E-state index >= 15 is 0 Å². The van der Waals surface area contributed by atoms with Crippen LogP contribution < -0.4 is 15.5 Å². The molecule has 0 bridgehead atoms. The molecule has 0 saturated heterocycles. The zero-order valence-electron chi connectivity index (χ0n) is 29.5. The van der Waals surface area contributed by atoms with Crippen LogP contribution >= 0.6 is 51.6 Å². The normalized spacial score (nSPS) is 15.6. The molecular formula is C27H60ClN3O12P2S2. The number of nitrogens with zero attached hydrogens (tertiary/aromatic N) is 2. The number of ether oxygens (including phenoxy) is 2. The van der Waals surface area contributed by atoms with E-state index in [4.69, 9.17) is 24.3 Å². The highest BCUT2D eigenvalue weighted by molar-refractivity contribution is 7.99. The maximum atomic E-state index is 11.7. The molecule has 0 aliphatic carbocycles. The molecule has 0 heterocycles. The zero-order valence-corrected chi connectivity index (χ0v) is 33.8. The second kappa shape index (κ2) is 27.7. The fourth-order valence-corrected chi connectivity index (χ4v) is 5.80. The maximum absolute atomic E-state index is 11.7. The lowest BCUT2D eigenvalue weighted by atomic mass is 10.2. The monoisotopic (exact) mass is 779 g/mol. The third-order valence-corrected chi connectivity index (χ3v) is 10.0. The summed E-state index contributed by atoms with van der Waals surface area (Å²) in [7, 11) is 2.87. The van der Waals surface area contributed by atoms with E-state index in [9.17, 15) is 28.5 Å². The van der Waals surface area contributed by atoms with E-state index in [1.807, 2.05) is 42.3 Å². The number of halogens is 1. The van der Waals surface area contributed by atoms with E-state index in [2.05, 4.69) is 16.0 Å². The standard InChI is InChI=1S/C14H30NO6PS.C13H29N2O6PS.ClH/c1-6-11-23-12-13(2)14(16)19-9-10-21-22(17,18)20-8-7-15(3,4)5;1-12(11-23-10-5-14)13(16)19-8-9-21-22(17,18)20-7-6-15(2,3)4;/h13H,6-12H2,1-5H3;12H,5-11,14H2,1-4H3;1H. The Morgan fingerprint density at radius 2 is 1.02 bits per heavy atom. The molecule has 284 valence electrons. The summed E-state index contributed by atoms with van der Waals surface area (Å²) in [6, 6.07) is 0. The van der Waals surface area contributed by atoms with Gasteiger partial charge in [-0.25, -0.2) is 0 Å². The predicted octanol–water partition coefficient (Wildman–Crippen LogP) is 2.00. The molecule has 2 N–H and O–H groups in total. The topological polar surface area (TPSA) is 196 Å². The lowest BCUT2D eigenvalue weighted by Gasteiger charge is -2.27. The van der Waals surface area contributed by atoms with Crippen LogP contribution in [0.1, 0.15) is 27.2 Å². The fraction of sp³-hybridized carbons (Fsp3) is 0.926. The van der Waals surface area contributed by atoms with Gasteiger partial charge in [0, 0.05) is 23.8 Å². The van der Waals surface area contributed by atoms with Crippen LogP contribution in [0.3, 0.4) is 0 Å². The molecule has 0 fully saturated rings. The van der Waals surface area contributed by atoms with Gasteiger partial charge < -0.3 is 52.1 Å². The minimum absolute atomic E-state index is 0. The second-order valence-corrected chi connectivity index (χ2v) is 17.5. The van der Waals surface area contributed by atoms with Gasteiger partial charge in [0.25, 0.3) is 15.6 Å². The maximum Gasteiger partial charge on any atom is 0.309 e. The van der Waals surface area contributed by atoms with Gasteiger partial charge >= 0.3 is 11.9 Å². The average molecular weight is 780 g/mol. The average Bonchev–Trinajstić information content (AvgIpc) is 2.92. The first-order valence-corrected chi connectivity index (χ1v) is 20.4. The number of hydrogen-bond acceptors (Lipinski definition) is 15. The van der Waals surface area contributed by atoms with Crippen molar-refractivity contribution in [3.63, 3.8) is 0 Å². The summed E-state index contributed by atoms with van der Waals surface area (Å²) in [5, 5.41) is 0. The highest BCUT2D eigenvalue weighted by atomic mass is 35.5. The molecule has 4 unspecified atom stereocenters. The predicted molar refractivity (Wildman–Crippen MR) is 186 cm³/mol. The Kier molecular flexibility index (Phi) is 30.3. The number of hydrogen-bond donors (Lipinski definition) is 1. The highest BCUT2D eigenvalue weighted by Gasteiger charge is 2.18. The van der Waals surface area contributed by atoms with Gasteiger partial charge in [0.05, 0.1) is 67.3 Å². The Labute approximate surface area is 297 Å². The molecule has 0 radical (unpaired) electrons. The number of quaternary nitrogens is 2. The molecule has 15 nitrogen and oxygen atoms in total. The molecule has 0 amide bonds. The van der Waals surface area contributed by atoms with Crippen molar-refractivity contribution in [3.8, 4) is 0 Å². The van der Waals surface area contributed by atoms with Crippen LogP contribution in [0.25, 0.3) is 0 Å². The number of rotatable bonds is 26. The minimum atomic E-state index is -4.35. The lowest BCUT2D eigenvalue weighted by molar-refractivity contribution is -0.870. The van der Waals surface area contributed by atoms with E-state index in [1.54, 1.807) is 37.4 Å². The van der Waals surface area contributed by atoms with Crippen molar-refractivity contribution in [2.75, 3.05) is 125 Å². The molecule has 0 rings (SSSR count). The van der Waals surface area contributed by atoms with Crippen LogP contribution in [0.15, 0.2) is 0 Å². The van der Waals surface area contributed by atoms with Gasteiger partial charge in [-0.2, -0.15) is 23.5 Å². The minimum Gasteiger partial charge on any atom is -0.756 e. The van der Waals surface area contributed by atoms with Crippen LogP contribution in [-0.4, -0.2) is 145 Å². The Morgan fingerprint density at radius 1 is 0.681 bits per heavy atom. The van der Waals surface area contributed by atoms with E-state index < -0.39 is 15.6 Å². The fourth-order valence-electron chi connectivity index (χ4n) is 2.68. The molecule has 20 heteroatoms. The summed E-state index contributed by atoms with van der Waals surface area (Å²) in [6.45, 7) is 6.63. The summed E-state index contributed by atoms with van der Waals surface area (Å²) in [6.07, 6.45) is 1.06. The Morgan fingerprint density at radius 3 is 1.34 bits per heavy atom. The third-order valence-electron chi connectivity index (χ3n) is 5.33. The van der Waals surface area contributed by atoms with Crippen LogP contribution in [-0.2, 0) is 46.3 Å². The van der Waals surface area contributed by atoms with E-state index in [0.717, 1.165) is 17.9 Å². The Balaban J connectivity index is -0.000000807. The van der Waals surface area contributed by atoms with Gasteiger partial charge in [0.2, 0.25) is 0 Å². The lowest BCUT2D eigenvalue weighted by Crippen LogP contribution is -2.37. The van der Waals surface area contributed by atoms with Crippen molar-refractivity contribution in [2.45, 2.75) is 27.2 Å². The molecule has 0 aliphatic rings. The summed E-state index contributed by atoms with van der Waals surface area (Å²) in [5.74, 6) is 1.88. The molecule has 0 spiro atoms. The van der Waals surface area contributed by atoms with Crippen molar-refractivity contribution >= 4 is 63.5 Å². The molecule has 0 aliphatic heterocycles.